The number of carbonyl (C=O) groups is 1. The molecule has 1 fully saturated rings. The van der Waals surface area contributed by atoms with Gasteiger partial charge in [0.15, 0.2) is 0 Å². The number of aromatic nitrogens is 2. The smallest absolute Gasteiger partial charge is 0.328 e. The molecule has 6 nitrogen and oxygen atoms in total. The molecule has 2 rings (SSSR count). The number of hydrogen-bond donors (Lipinski definition) is 3. The van der Waals surface area contributed by atoms with E-state index in [2.05, 4.69) is 15.6 Å². The van der Waals surface area contributed by atoms with Crippen molar-refractivity contribution in [1.82, 2.24) is 15.6 Å². The van der Waals surface area contributed by atoms with Crippen LogP contribution < -0.4 is 11.3 Å². The summed E-state index contributed by atoms with van der Waals surface area (Å²) in [6, 6.07) is 1.74. The van der Waals surface area contributed by atoms with Gasteiger partial charge in [-0.1, -0.05) is 0 Å². The third kappa shape index (κ3) is 3.39. The van der Waals surface area contributed by atoms with E-state index in [0.717, 1.165) is 5.69 Å². The monoisotopic (exact) mass is 338 g/mol. The van der Waals surface area contributed by atoms with E-state index in [-0.39, 0.29) is 31.9 Å². The van der Waals surface area contributed by atoms with Crippen LogP contribution in [0.15, 0.2) is 6.07 Å². The van der Waals surface area contributed by atoms with Crippen molar-refractivity contribution in [3.63, 3.8) is 0 Å². The summed E-state index contributed by atoms with van der Waals surface area (Å²) >= 11 is 0. The molecule has 0 saturated heterocycles. The maximum atomic E-state index is 13.8. The fourth-order valence-corrected chi connectivity index (χ4v) is 2.92. The lowest BCUT2D eigenvalue weighted by molar-refractivity contribution is -0.163. The van der Waals surface area contributed by atoms with Crippen molar-refractivity contribution in [2.75, 3.05) is 6.61 Å². The zero-order valence-corrected chi connectivity index (χ0v) is 13.3. The van der Waals surface area contributed by atoms with E-state index in [9.17, 15) is 13.6 Å². The highest BCUT2D eigenvalue weighted by atomic mass is 35.5. The first-order chi connectivity index (χ1) is 9.84. The first-order valence-electron chi connectivity index (χ1n) is 6.89. The van der Waals surface area contributed by atoms with E-state index < -0.39 is 29.8 Å². The maximum Gasteiger partial charge on any atom is 0.328 e. The van der Waals surface area contributed by atoms with Gasteiger partial charge in [-0.25, -0.2) is 19.0 Å². The number of esters is 1. The summed E-state index contributed by atoms with van der Waals surface area (Å²) in [6.07, 6.45) is -0.918. The summed E-state index contributed by atoms with van der Waals surface area (Å²) in [5, 5.41) is 6.86. The van der Waals surface area contributed by atoms with E-state index in [1.807, 2.05) is 0 Å². The zero-order valence-electron chi connectivity index (χ0n) is 12.5. The highest BCUT2D eigenvalue weighted by Gasteiger charge is 2.57. The van der Waals surface area contributed by atoms with Crippen molar-refractivity contribution in [2.24, 2.45) is 5.84 Å². The number of alkyl halides is 2. The second-order valence-electron chi connectivity index (χ2n) is 5.44. The lowest BCUT2D eigenvalue weighted by Gasteiger charge is -2.43. The summed E-state index contributed by atoms with van der Waals surface area (Å²) < 4.78 is 32.7. The Balaban J connectivity index is 0.00000242. The van der Waals surface area contributed by atoms with Crippen LogP contribution in [0.4, 0.5) is 8.78 Å². The van der Waals surface area contributed by atoms with Gasteiger partial charge in [-0.15, -0.1) is 12.4 Å². The number of nitrogens with two attached hydrogens (primary N) is 1. The molecule has 1 heterocycles. The molecule has 0 bridgehead atoms. The highest BCUT2D eigenvalue weighted by molar-refractivity contribution is 5.85. The van der Waals surface area contributed by atoms with E-state index in [1.165, 1.54) is 0 Å². The molecule has 4 N–H and O–H groups in total. The number of rotatable bonds is 4. The Morgan fingerprint density at radius 1 is 1.64 bits per heavy atom. The number of halogens is 3. The summed E-state index contributed by atoms with van der Waals surface area (Å²) in [4.78, 5) is 12.3. The Labute approximate surface area is 133 Å². The minimum Gasteiger partial charge on any atom is -0.465 e. The maximum absolute atomic E-state index is 13.8. The average molecular weight is 339 g/mol. The van der Waals surface area contributed by atoms with E-state index in [4.69, 9.17) is 10.6 Å². The fraction of sp³-hybridized carbons (Fsp3) is 0.692. The molecule has 1 aromatic rings. The van der Waals surface area contributed by atoms with Crippen molar-refractivity contribution in [2.45, 2.75) is 50.5 Å². The molecular weight excluding hydrogens is 318 g/mol. The van der Waals surface area contributed by atoms with Crippen molar-refractivity contribution < 1.29 is 18.3 Å². The van der Waals surface area contributed by atoms with Crippen LogP contribution in [0.2, 0.25) is 0 Å². The Morgan fingerprint density at radius 3 is 2.82 bits per heavy atom. The molecule has 0 aliphatic heterocycles. The highest BCUT2D eigenvalue weighted by Crippen LogP contribution is 2.47. The van der Waals surface area contributed by atoms with Crippen LogP contribution in [0.1, 0.15) is 43.5 Å². The van der Waals surface area contributed by atoms with Gasteiger partial charge >= 0.3 is 5.97 Å². The lowest BCUT2D eigenvalue weighted by atomic mass is 9.70. The second-order valence-corrected chi connectivity index (χ2v) is 5.44. The van der Waals surface area contributed by atoms with Crippen molar-refractivity contribution in [3.05, 3.63) is 17.5 Å². The van der Waals surface area contributed by atoms with Crippen LogP contribution in [0.25, 0.3) is 0 Å². The van der Waals surface area contributed by atoms with Gasteiger partial charge in [0, 0.05) is 24.5 Å². The van der Waals surface area contributed by atoms with Crippen molar-refractivity contribution in [1.29, 1.82) is 0 Å². The summed E-state index contributed by atoms with van der Waals surface area (Å²) in [5.41, 5.74) is 1.96. The number of H-pyrrole nitrogens is 1. The van der Waals surface area contributed by atoms with Crippen LogP contribution in [-0.4, -0.2) is 34.2 Å². The molecule has 22 heavy (non-hydrogen) atoms. The van der Waals surface area contributed by atoms with E-state index in [1.54, 1.807) is 19.9 Å². The Kier molecular flexibility index (Phi) is 5.89. The van der Waals surface area contributed by atoms with E-state index >= 15 is 0 Å². The quantitative estimate of drug-likeness (QED) is 0.442. The normalized spacial score (nSPS) is 27.0. The molecular formula is C13H21ClF2N4O2. The molecule has 0 amide bonds. The van der Waals surface area contributed by atoms with Gasteiger partial charge in [0.1, 0.15) is 5.54 Å². The van der Waals surface area contributed by atoms with Gasteiger partial charge in [-0.05, 0) is 26.3 Å². The number of ether oxygens (including phenoxy) is 1. The lowest BCUT2D eigenvalue weighted by Crippen LogP contribution is -2.64. The number of aryl methyl sites for hydroxylation is 1. The van der Waals surface area contributed by atoms with Gasteiger partial charge < -0.3 is 4.74 Å². The van der Waals surface area contributed by atoms with Crippen molar-refractivity contribution in [3.8, 4) is 0 Å². The third-order valence-corrected chi connectivity index (χ3v) is 3.91. The van der Waals surface area contributed by atoms with Gasteiger partial charge in [0.25, 0.3) is 5.92 Å². The predicted octanol–water partition coefficient (Wildman–Crippen LogP) is 1.81. The van der Waals surface area contributed by atoms with Crippen LogP contribution in [0.3, 0.4) is 0 Å². The molecule has 2 unspecified atom stereocenters. The van der Waals surface area contributed by atoms with Crippen molar-refractivity contribution >= 4 is 18.4 Å². The standard InChI is InChI=1S/C13H20F2N4O2.ClH/c1-3-21-11(20)13(19-16)7-12(14,15)5-4-9(13)10-6-8(2)17-18-10;/h6,9,19H,3-5,7,16H2,1-2H3,(H,17,18);1H. The zero-order chi connectivity index (χ0) is 15.7. The summed E-state index contributed by atoms with van der Waals surface area (Å²) in [7, 11) is 0. The van der Waals surface area contributed by atoms with Gasteiger partial charge in [-0.3, -0.25) is 10.9 Å². The molecule has 1 aromatic heterocycles. The molecule has 9 heteroatoms. The molecule has 1 aliphatic rings. The summed E-state index contributed by atoms with van der Waals surface area (Å²) in [6.45, 7) is 3.52. The number of hydrogen-bond acceptors (Lipinski definition) is 5. The van der Waals surface area contributed by atoms with Gasteiger partial charge in [0.05, 0.1) is 12.3 Å². The molecule has 0 radical (unpaired) electrons. The minimum absolute atomic E-state index is 0. The number of nitrogens with one attached hydrogen (secondary N) is 2. The first kappa shape index (κ1) is 18.8. The summed E-state index contributed by atoms with van der Waals surface area (Å²) in [5.74, 6) is 1.20. The molecule has 1 saturated carbocycles. The van der Waals surface area contributed by atoms with Gasteiger partial charge in [0.2, 0.25) is 0 Å². The van der Waals surface area contributed by atoms with Crippen LogP contribution in [0.5, 0.6) is 0 Å². The number of carbonyl (C=O) groups excluding carboxylic acids is 1. The Morgan fingerprint density at radius 2 is 2.32 bits per heavy atom. The predicted molar refractivity (Wildman–Crippen MR) is 78.8 cm³/mol. The largest absolute Gasteiger partial charge is 0.465 e. The van der Waals surface area contributed by atoms with E-state index in [0.29, 0.717) is 5.69 Å². The first-order valence-corrected chi connectivity index (χ1v) is 6.89. The minimum atomic E-state index is -2.97. The second kappa shape index (κ2) is 6.89. The van der Waals surface area contributed by atoms with Crippen LogP contribution in [-0.2, 0) is 9.53 Å². The SMILES string of the molecule is CCOC(=O)C1(NN)CC(F)(F)CCC1c1cc(C)[nH]n1.Cl. The molecule has 126 valence electrons. The fourth-order valence-electron chi connectivity index (χ4n) is 2.92. The average Bonchev–Trinajstić information content (AvgIpc) is 2.84. The third-order valence-electron chi connectivity index (χ3n) is 3.91. The molecule has 1 aliphatic carbocycles. The topological polar surface area (TPSA) is 93.0 Å². The molecule has 0 aromatic carbocycles. The van der Waals surface area contributed by atoms with Crippen LogP contribution >= 0.6 is 12.4 Å². The Bertz CT molecular complexity index is 526. The molecule has 0 spiro atoms. The Hall–Kier alpha value is -1.25. The number of aromatic amines is 1. The molecule has 2 atom stereocenters. The number of hydrazine groups is 1. The van der Waals surface area contributed by atoms with Gasteiger partial charge in [-0.2, -0.15) is 5.10 Å². The number of nitrogens with zero attached hydrogens (tertiary/aromatic N) is 1. The van der Waals surface area contributed by atoms with Crippen LogP contribution in [0, 0.1) is 6.92 Å².